The van der Waals surface area contributed by atoms with Crippen molar-refractivity contribution in [3.63, 3.8) is 0 Å². The second-order valence-corrected chi connectivity index (χ2v) is 22.0. The molecule has 0 atom stereocenters. The van der Waals surface area contributed by atoms with E-state index >= 15 is 0 Å². The number of unbranched alkanes of at least 4 members (excludes halogenated alkanes) is 1. The van der Waals surface area contributed by atoms with Gasteiger partial charge in [0.25, 0.3) is 0 Å². The molecule has 0 aromatic carbocycles. The first-order chi connectivity index (χ1) is 12.4. The van der Waals surface area contributed by atoms with Crippen molar-refractivity contribution in [2.24, 2.45) is 5.41 Å². The number of aliphatic hydroxyl groups is 2. The van der Waals surface area contributed by atoms with Crippen LogP contribution in [0.2, 0.25) is 51.4 Å². The Bertz CT molecular complexity index is 391. The number of aliphatic hydroxyl groups excluding tert-OH is 2. The molecule has 0 saturated carbocycles. The molecule has 2 N–H and O–H groups in total. The predicted octanol–water partition coefficient (Wildman–Crippen LogP) is 4.72. The van der Waals surface area contributed by atoms with Crippen LogP contribution in [-0.4, -0.2) is 61.8 Å². The molecule has 8 heteroatoms. The van der Waals surface area contributed by atoms with Crippen LogP contribution >= 0.6 is 0 Å². The van der Waals surface area contributed by atoms with Gasteiger partial charge >= 0.3 is 8.56 Å². The first-order valence-electron chi connectivity index (χ1n) is 10.6. The zero-order valence-corrected chi connectivity index (χ0v) is 22.2. The van der Waals surface area contributed by atoms with Gasteiger partial charge in [-0.05, 0) is 64.2 Å². The van der Waals surface area contributed by atoms with Gasteiger partial charge in [-0.2, -0.15) is 0 Å². The van der Waals surface area contributed by atoms with E-state index in [2.05, 4.69) is 46.2 Å². The fourth-order valence-corrected chi connectivity index (χ4v) is 17.6. The van der Waals surface area contributed by atoms with E-state index in [-0.39, 0.29) is 13.2 Å². The maximum absolute atomic E-state index is 9.48. The minimum absolute atomic E-state index is 0.0435. The molecule has 0 amide bonds. The normalized spacial score (nSPS) is 14.0. The maximum atomic E-state index is 9.48. The molecular weight excluding hydrogens is 392 g/mol. The van der Waals surface area contributed by atoms with E-state index in [1.165, 1.54) is 18.9 Å². The largest absolute Gasteiger partial charge is 0.437 e. The quantitative estimate of drug-likeness (QED) is 0.269. The van der Waals surface area contributed by atoms with E-state index in [9.17, 15) is 10.2 Å². The minimum Gasteiger partial charge on any atom is -0.437 e. The van der Waals surface area contributed by atoms with Crippen LogP contribution in [0.5, 0.6) is 0 Å². The number of ether oxygens (including phenoxy) is 1. The van der Waals surface area contributed by atoms with Crippen LogP contribution in [0, 0.1) is 5.41 Å². The summed E-state index contributed by atoms with van der Waals surface area (Å²) in [6, 6.07) is 2.23. The van der Waals surface area contributed by atoms with Gasteiger partial charge in [-0.1, -0.05) is 26.7 Å². The zero-order chi connectivity index (χ0) is 21.2. The molecule has 0 aliphatic rings. The molecule has 0 saturated heterocycles. The molecule has 0 aliphatic heterocycles. The van der Waals surface area contributed by atoms with Gasteiger partial charge in [-0.3, -0.25) is 0 Å². The van der Waals surface area contributed by atoms with Gasteiger partial charge in [-0.15, -0.1) is 0 Å². The van der Waals surface area contributed by atoms with Gasteiger partial charge in [0.2, 0.25) is 0 Å². The van der Waals surface area contributed by atoms with E-state index in [4.69, 9.17) is 13.0 Å². The smallest absolute Gasteiger partial charge is 0.311 e. The summed E-state index contributed by atoms with van der Waals surface area (Å²) in [5, 5.41) is 19.0. The second-order valence-electron chi connectivity index (χ2n) is 9.55. The minimum atomic E-state index is -2.12. The monoisotopic (exact) mass is 438 g/mol. The standard InChI is InChI=1S/C19H46O5Si3/c1-9-11-14-25(3,4)23-27(7,8)24-26(5,6)15-12-13-22-18-19(10-2,16-20)17-21/h20-21H,9-18H2,1-8H3. The molecule has 0 aromatic heterocycles. The van der Waals surface area contributed by atoms with Crippen molar-refractivity contribution in [3.05, 3.63) is 0 Å². The molecule has 164 valence electrons. The highest BCUT2D eigenvalue weighted by Crippen LogP contribution is 2.26. The summed E-state index contributed by atoms with van der Waals surface area (Å²) >= 11 is 0. The number of hydrogen-bond donors (Lipinski definition) is 2. The molecule has 0 bridgehead atoms. The average Bonchev–Trinajstić information content (AvgIpc) is 2.54. The molecule has 0 fully saturated rings. The highest BCUT2D eigenvalue weighted by Gasteiger charge is 2.39. The van der Waals surface area contributed by atoms with Gasteiger partial charge in [0.1, 0.15) is 0 Å². The molecule has 27 heavy (non-hydrogen) atoms. The Labute approximate surface area is 171 Å². The molecule has 5 nitrogen and oxygen atoms in total. The van der Waals surface area contributed by atoms with Crippen molar-refractivity contribution in [2.75, 3.05) is 26.4 Å². The van der Waals surface area contributed by atoms with Gasteiger partial charge in [0.05, 0.1) is 19.8 Å². The summed E-state index contributed by atoms with van der Waals surface area (Å²) in [4.78, 5) is 0. The lowest BCUT2D eigenvalue weighted by Crippen LogP contribution is -2.52. The van der Waals surface area contributed by atoms with Crippen molar-refractivity contribution in [1.82, 2.24) is 0 Å². The lowest BCUT2D eigenvalue weighted by molar-refractivity contribution is -0.0297. The Morgan fingerprint density at radius 1 is 0.778 bits per heavy atom. The van der Waals surface area contributed by atoms with Crippen molar-refractivity contribution in [2.45, 2.75) is 90.9 Å². The van der Waals surface area contributed by atoms with Gasteiger partial charge in [0, 0.05) is 12.0 Å². The number of rotatable bonds is 16. The van der Waals surface area contributed by atoms with E-state index < -0.39 is 30.6 Å². The summed E-state index contributed by atoms with van der Waals surface area (Å²) in [6.07, 6.45) is 4.10. The first-order valence-corrected chi connectivity index (χ1v) is 19.6. The van der Waals surface area contributed by atoms with Crippen molar-refractivity contribution < 1.29 is 23.2 Å². The third kappa shape index (κ3) is 11.9. The highest BCUT2D eigenvalue weighted by molar-refractivity contribution is 6.87. The molecular formula is C19H46O5Si3. The van der Waals surface area contributed by atoms with Crippen molar-refractivity contribution in [3.8, 4) is 0 Å². The third-order valence-electron chi connectivity index (χ3n) is 5.07. The maximum Gasteiger partial charge on any atom is 0.311 e. The summed E-state index contributed by atoms with van der Waals surface area (Å²) in [6.45, 7) is 18.7. The Kier molecular flexibility index (Phi) is 12.4. The lowest BCUT2D eigenvalue weighted by atomic mass is 9.88. The van der Waals surface area contributed by atoms with E-state index in [0.717, 1.165) is 12.5 Å². The molecule has 0 rings (SSSR count). The highest BCUT2D eigenvalue weighted by atomic mass is 28.5. The summed E-state index contributed by atoms with van der Waals surface area (Å²) in [7, 11) is -5.58. The van der Waals surface area contributed by atoms with Crippen molar-refractivity contribution in [1.29, 1.82) is 0 Å². The van der Waals surface area contributed by atoms with Gasteiger partial charge in [-0.25, -0.2) is 0 Å². The summed E-state index contributed by atoms with van der Waals surface area (Å²) < 4.78 is 18.9. The second kappa shape index (κ2) is 12.2. The van der Waals surface area contributed by atoms with Crippen LogP contribution in [0.25, 0.3) is 0 Å². The van der Waals surface area contributed by atoms with Crippen LogP contribution < -0.4 is 0 Å². The van der Waals surface area contributed by atoms with Gasteiger partial charge < -0.3 is 23.2 Å². The molecule has 0 heterocycles. The van der Waals surface area contributed by atoms with Gasteiger partial charge in [0.15, 0.2) is 16.6 Å². The predicted molar refractivity (Wildman–Crippen MR) is 121 cm³/mol. The molecule has 0 aliphatic carbocycles. The van der Waals surface area contributed by atoms with Crippen LogP contribution in [-0.2, 0) is 13.0 Å². The summed E-state index contributed by atoms with van der Waals surface area (Å²) in [5.74, 6) is 0. The zero-order valence-electron chi connectivity index (χ0n) is 19.2. The van der Waals surface area contributed by atoms with E-state index in [1.54, 1.807) is 0 Å². The van der Waals surface area contributed by atoms with E-state index in [0.29, 0.717) is 19.6 Å². The third-order valence-corrected chi connectivity index (χ3v) is 16.5. The Morgan fingerprint density at radius 3 is 1.67 bits per heavy atom. The Balaban J connectivity index is 4.39. The SMILES string of the molecule is CCCC[Si](C)(C)O[Si](C)(C)O[Si](C)(C)CCCOCC(CC)(CO)CO. The fraction of sp³-hybridized carbons (Fsp3) is 1.00. The molecule has 0 aromatic rings. The molecule has 0 spiro atoms. The van der Waals surface area contributed by atoms with Crippen LogP contribution in [0.4, 0.5) is 0 Å². The Morgan fingerprint density at radius 2 is 1.26 bits per heavy atom. The van der Waals surface area contributed by atoms with E-state index in [1.807, 2.05) is 6.92 Å². The molecule has 0 unspecified atom stereocenters. The lowest BCUT2D eigenvalue weighted by Gasteiger charge is -2.38. The van der Waals surface area contributed by atoms with Crippen LogP contribution in [0.15, 0.2) is 0 Å². The molecule has 0 radical (unpaired) electrons. The van der Waals surface area contributed by atoms with Crippen molar-refractivity contribution >= 4 is 25.2 Å². The fourth-order valence-electron chi connectivity index (χ4n) is 3.41. The Hall–Kier alpha value is 0.451. The topological polar surface area (TPSA) is 68.2 Å². The van der Waals surface area contributed by atoms with Crippen LogP contribution in [0.1, 0.15) is 39.5 Å². The average molecular weight is 439 g/mol. The summed E-state index contributed by atoms with van der Waals surface area (Å²) in [5.41, 5.74) is -0.513. The number of hydrogen-bond acceptors (Lipinski definition) is 5. The van der Waals surface area contributed by atoms with Crippen LogP contribution in [0.3, 0.4) is 0 Å². The first kappa shape index (κ1) is 27.5.